The molecular formula is C15H19NO3. The molecule has 19 heavy (non-hydrogen) atoms. The Labute approximate surface area is 113 Å². The molecule has 1 aromatic carbocycles. The minimum Gasteiger partial charge on any atom is -0.459 e. The van der Waals surface area contributed by atoms with Crippen LogP contribution in [0.2, 0.25) is 0 Å². The maximum Gasteiger partial charge on any atom is 0.397 e. The summed E-state index contributed by atoms with van der Waals surface area (Å²) in [6, 6.07) is 10.3. The van der Waals surface area contributed by atoms with Gasteiger partial charge in [-0.3, -0.25) is 4.79 Å². The first kappa shape index (κ1) is 13.6. The standard InChI is InChI=1S/C15H19NO3/c1-2-19-15(18)14(17)16-10-8-13(9-11-16)12-6-4-3-5-7-12/h3-7,13H,2,8-11H2,1H3. The highest BCUT2D eigenvalue weighted by Gasteiger charge is 2.28. The summed E-state index contributed by atoms with van der Waals surface area (Å²) < 4.78 is 4.74. The first-order valence-corrected chi connectivity index (χ1v) is 6.73. The van der Waals surface area contributed by atoms with Crippen LogP contribution in [0.3, 0.4) is 0 Å². The molecule has 0 N–H and O–H groups in total. The molecule has 1 saturated heterocycles. The molecule has 0 aromatic heterocycles. The van der Waals surface area contributed by atoms with Gasteiger partial charge in [-0.1, -0.05) is 30.3 Å². The van der Waals surface area contributed by atoms with E-state index in [0.29, 0.717) is 19.0 Å². The van der Waals surface area contributed by atoms with Gasteiger partial charge in [-0.2, -0.15) is 0 Å². The lowest BCUT2D eigenvalue weighted by molar-refractivity contribution is -0.160. The molecule has 1 heterocycles. The van der Waals surface area contributed by atoms with Crippen LogP contribution in [0.25, 0.3) is 0 Å². The van der Waals surface area contributed by atoms with E-state index in [4.69, 9.17) is 4.74 Å². The number of amides is 1. The Morgan fingerprint density at radius 2 is 1.84 bits per heavy atom. The third-order valence-corrected chi connectivity index (χ3v) is 3.50. The second kappa shape index (κ2) is 6.36. The average Bonchev–Trinajstić information content (AvgIpc) is 2.48. The molecule has 102 valence electrons. The molecule has 0 atom stereocenters. The van der Waals surface area contributed by atoms with Gasteiger partial charge in [-0.05, 0) is 31.2 Å². The predicted octanol–water partition coefficient (Wildman–Crippen LogP) is 1.96. The van der Waals surface area contributed by atoms with E-state index in [-0.39, 0.29) is 6.61 Å². The summed E-state index contributed by atoms with van der Waals surface area (Å²) in [6.45, 7) is 3.19. The molecule has 0 radical (unpaired) electrons. The maximum absolute atomic E-state index is 11.8. The van der Waals surface area contributed by atoms with Crippen molar-refractivity contribution < 1.29 is 14.3 Å². The average molecular weight is 261 g/mol. The zero-order valence-corrected chi connectivity index (χ0v) is 11.2. The lowest BCUT2D eigenvalue weighted by Crippen LogP contribution is -2.42. The number of hydrogen-bond acceptors (Lipinski definition) is 3. The predicted molar refractivity (Wildman–Crippen MR) is 71.6 cm³/mol. The summed E-state index contributed by atoms with van der Waals surface area (Å²) in [6.07, 6.45) is 1.80. The topological polar surface area (TPSA) is 46.6 Å². The van der Waals surface area contributed by atoms with Gasteiger partial charge in [-0.25, -0.2) is 4.79 Å². The number of benzene rings is 1. The first-order valence-electron chi connectivity index (χ1n) is 6.73. The largest absolute Gasteiger partial charge is 0.459 e. The highest BCUT2D eigenvalue weighted by Crippen LogP contribution is 2.27. The summed E-state index contributed by atoms with van der Waals surface area (Å²) in [7, 11) is 0. The molecule has 4 nitrogen and oxygen atoms in total. The molecule has 1 aromatic rings. The Morgan fingerprint density at radius 1 is 1.21 bits per heavy atom. The van der Waals surface area contributed by atoms with Gasteiger partial charge in [0.2, 0.25) is 0 Å². The second-order valence-electron chi connectivity index (χ2n) is 4.70. The van der Waals surface area contributed by atoms with Gasteiger partial charge in [0.25, 0.3) is 0 Å². The number of esters is 1. The number of nitrogens with zero attached hydrogens (tertiary/aromatic N) is 1. The number of carbonyl (C=O) groups excluding carboxylic acids is 2. The molecule has 4 heteroatoms. The number of ether oxygens (including phenoxy) is 1. The van der Waals surface area contributed by atoms with E-state index in [9.17, 15) is 9.59 Å². The van der Waals surface area contributed by atoms with Crippen molar-refractivity contribution in [2.75, 3.05) is 19.7 Å². The van der Waals surface area contributed by atoms with Crippen LogP contribution in [-0.2, 0) is 14.3 Å². The fraction of sp³-hybridized carbons (Fsp3) is 0.467. The van der Waals surface area contributed by atoms with E-state index in [0.717, 1.165) is 12.8 Å². The zero-order chi connectivity index (χ0) is 13.7. The third kappa shape index (κ3) is 3.34. The van der Waals surface area contributed by atoms with E-state index in [2.05, 4.69) is 12.1 Å². The molecule has 0 unspecified atom stereocenters. The number of carbonyl (C=O) groups is 2. The van der Waals surface area contributed by atoms with Crippen LogP contribution in [0.15, 0.2) is 30.3 Å². The van der Waals surface area contributed by atoms with Crippen molar-refractivity contribution in [2.24, 2.45) is 0 Å². The fourth-order valence-electron chi connectivity index (χ4n) is 2.46. The summed E-state index contributed by atoms with van der Waals surface area (Å²) in [4.78, 5) is 24.8. The molecular weight excluding hydrogens is 242 g/mol. The molecule has 1 amide bonds. The van der Waals surface area contributed by atoms with Gasteiger partial charge >= 0.3 is 11.9 Å². The molecule has 0 spiro atoms. The van der Waals surface area contributed by atoms with Gasteiger partial charge in [0.1, 0.15) is 0 Å². The Morgan fingerprint density at radius 3 is 2.42 bits per heavy atom. The summed E-state index contributed by atoms with van der Waals surface area (Å²) in [5, 5.41) is 0. The molecule has 1 fully saturated rings. The Hall–Kier alpha value is -1.84. The number of hydrogen-bond donors (Lipinski definition) is 0. The lowest BCUT2D eigenvalue weighted by Gasteiger charge is -2.31. The quantitative estimate of drug-likeness (QED) is 0.604. The van der Waals surface area contributed by atoms with Crippen LogP contribution in [0.1, 0.15) is 31.2 Å². The van der Waals surface area contributed by atoms with E-state index >= 15 is 0 Å². The maximum atomic E-state index is 11.8. The van der Waals surface area contributed by atoms with Crippen molar-refractivity contribution in [3.05, 3.63) is 35.9 Å². The van der Waals surface area contributed by atoms with Gasteiger partial charge in [0.05, 0.1) is 6.61 Å². The minimum absolute atomic E-state index is 0.241. The van der Waals surface area contributed by atoms with Crippen LogP contribution in [-0.4, -0.2) is 36.5 Å². The fourth-order valence-corrected chi connectivity index (χ4v) is 2.46. The van der Waals surface area contributed by atoms with Crippen molar-refractivity contribution in [2.45, 2.75) is 25.7 Å². The van der Waals surface area contributed by atoms with Crippen LogP contribution in [0.5, 0.6) is 0 Å². The smallest absolute Gasteiger partial charge is 0.397 e. The normalized spacial score (nSPS) is 16.2. The number of likely N-dealkylation sites (tertiary alicyclic amines) is 1. The van der Waals surface area contributed by atoms with E-state index in [1.165, 1.54) is 5.56 Å². The van der Waals surface area contributed by atoms with E-state index in [1.807, 2.05) is 18.2 Å². The van der Waals surface area contributed by atoms with Gasteiger partial charge in [0, 0.05) is 13.1 Å². The summed E-state index contributed by atoms with van der Waals surface area (Å²) >= 11 is 0. The van der Waals surface area contributed by atoms with E-state index < -0.39 is 11.9 Å². The molecule has 0 bridgehead atoms. The first-order chi connectivity index (χ1) is 9.22. The van der Waals surface area contributed by atoms with Crippen molar-refractivity contribution in [1.29, 1.82) is 0 Å². The van der Waals surface area contributed by atoms with Crippen molar-refractivity contribution >= 4 is 11.9 Å². The zero-order valence-electron chi connectivity index (χ0n) is 11.2. The third-order valence-electron chi connectivity index (χ3n) is 3.50. The Kier molecular flexibility index (Phi) is 4.55. The molecule has 2 rings (SSSR count). The molecule has 0 aliphatic carbocycles. The lowest BCUT2D eigenvalue weighted by atomic mass is 9.89. The second-order valence-corrected chi connectivity index (χ2v) is 4.70. The highest BCUT2D eigenvalue weighted by atomic mass is 16.5. The highest BCUT2D eigenvalue weighted by molar-refractivity contribution is 6.32. The van der Waals surface area contributed by atoms with Gasteiger partial charge in [-0.15, -0.1) is 0 Å². The molecule has 1 aliphatic rings. The number of rotatable bonds is 2. The van der Waals surface area contributed by atoms with Crippen LogP contribution in [0.4, 0.5) is 0 Å². The number of piperidine rings is 1. The Bertz CT molecular complexity index is 436. The van der Waals surface area contributed by atoms with E-state index in [1.54, 1.807) is 11.8 Å². The SMILES string of the molecule is CCOC(=O)C(=O)N1CCC(c2ccccc2)CC1. The Balaban J connectivity index is 1.89. The van der Waals surface area contributed by atoms with Gasteiger partial charge < -0.3 is 9.64 Å². The summed E-state index contributed by atoms with van der Waals surface area (Å²) in [5.74, 6) is -0.763. The van der Waals surface area contributed by atoms with Crippen LogP contribution < -0.4 is 0 Å². The molecule has 0 saturated carbocycles. The van der Waals surface area contributed by atoms with Crippen molar-refractivity contribution in [3.63, 3.8) is 0 Å². The van der Waals surface area contributed by atoms with Gasteiger partial charge in [0.15, 0.2) is 0 Å². The van der Waals surface area contributed by atoms with Crippen LogP contribution >= 0.6 is 0 Å². The van der Waals surface area contributed by atoms with Crippen molar-refractivity contribution in [3.8, 4) is 0 Å². The monoisotopic (exact) mass is 261 g/mol. The minimum atomic E-state index is -0.735. The van der Waals surface area contributed by atoms with Crippen LogP contribution in [0, 0.1) is 0 Å². The molecule has 1 aliphatic heterocycles. The summed E-state index contributed by atoms with van der Waals surface area (Å²) in [5.41, 5.74) is 1.31. The van der Waals surface area contributed by atoms with Crippen molar-refractivity contribution in [1.82, 2.24) is 4.90 Å².